The van der Waals surface area contributed by atoms with Gasteiger partial charge in [-0.1, -0.05) is 39.0 Å². The summed E-state index contributed by atoms with van der Waals surface area (Å²) in [5, 5.41) is 0. The zero-order chi connectivity index (χ0) is 11.6. The third-order valence-corrected chi connectivity index (χ3v) is 2.55. The highest BCUT2D eigenvalue weighted by Gasteiger charge is 2.20. The molecule has 2 nitrogen and oxygen atoms in total. The fourth-order valence-electron chi connectivity index (χ4n) is 1.57. The summed E-state index contributed by atoms with van der Waals surface area (Å²) in [7, 11) is 1.81. The molecule has 0 N–H and O–H groups in total. The standard InChI is InChI=1S/C13H19NO/c1-10(15)14(5)12-9-7-6-8-11(12)13(2,3)4/h6-9H,1-5H3. The summed E-state index contributed by atoms with van der Waals surface area (Å²) >= 11 is 0. The van der Waals surface area contributed by atoms with Crippen LogP contribution >= 0.6 is 0 Å². The van der Waals surface area contributed by atoms with Crippen molar-refractivity contribution in [2.75, 3.05) is 11.9 Å². The third-order valence-electron chi connectivity index (χ3n) is 2.55. The second kappa shape index (κ2) is 4.05. The van der Waals surface area contributed by atoms with Gasteiger partial charge in [-0.2, -0.15) is 0 Å². The summed E-state index contributed by atoms with van der Waals surface area (Å²) in [4.78, 5) is 13.0. The van der Waals surface area contributed by atoms with E-state index >= 15 is 0 Å². The third kappa shape index (κ3) is 2.58. The van der Waals surface area contributed by atoms with E-state index in [2.05, 4.69) is 26.8 Å². The number of benzene rings is 1. The lowest BCUT2D eigenvalue weighted by molar-refractivity contribution is -0.116. The largest absolute Gasteiger partial charge is 0.315 e. The Morgan fingerprint density at radius 1 is 1.20 bits per heavy atom. The molecule has 82 valence electrons. The van der Waals surface area contributed by atoms with E-state index < -0.39 is 0 Å². The number of hydrogen-bond acceptors (Lipinski definition) is 1. The summed E-state index contributed by atoms with van der Waals surface area (Å²) in [6, 6.07) is 8.04. The Labute approximate surface area is 91.9 Å². The highest BCUT2D eigenvalue weighted by molar-refractivity contribution is 5.91. The summed E-state index contributed by atoms with van der Waals surface area (Å²) in [5.74, 6) is 0.0618. The van der Waals surface area contributed by atoms with E-state index in [-0.39, 0.29) is 11.3 Å². The van der Waals surface area contributed by atoms with Crippen molar-refractivity contribution < 1.29 is 4.79 Å². The molecule has 0 atom stereocenters. The van der Waals surface area contributed by atoms with Gasteiger partial charge in [0.2, 0.25) is 5.91 Å². The van der Waals surface area contributed by atoms with Crippen LogP contribution in [0.1, 0.15) is 33.3 Å². The van der Waals surface area contributed by atoms with E-state index in [0.29, 0.717) is 0 Å². The second-order valence-corrected chi connectivity index (χ2v) is 4.85. The van der Waals surface area contributed by atoms with Crippen LogP contribution < -0.4 is 4.90 Å². The molecule has 0 fully saturated rings. The van der Waals surface area contributed by atoms with Crippen LogP contribution in [0.5, 0.6) is 0 Å². The fourth-order valence-corrected chi connectivity index (χ4v) is 1.57. The van der Waals surface area contributed by atoms with Crippen LogP contribution in [0, 0.1) is 0 Å². The minimum atomic E-state index is 0.0559. The van der Waals surface area contributed by atoms with Crippen LogP contribution in [0.3, 0.4) is 0 Å². The molecule has 0 aromatic heterocycles. The molecule has 1 amide bonds. The van der Waals surface area contributed by atoms with Gasteiger partial charge in [0, 0.05) is 19.7 Å². The number of amides is 1. The average Bonchev–Trinajstić information content (AvgIpc) is 2.15. The number of carbonyl (C=O) groups is 1. The normalized spacial score (nSPS) is 11.3. The Kier molecular flexibility index (Phi) is 3.18. The molecule has 0 aliphatic rings. The van der Waals surface area contributed by atoms with Crippen LogP contribution in [0.25, 0.3) is 0 Å². The molecular formula is C13H19NO. The molecular weight excluding hydrogens is 186 g/mol. The molecule has 15 heavy (non-hydrogen) atoms. The zero-order valence-electron chi connectivity index (χ0n) is 10.2. The Balaban J connectivity index is 3.24. The molecule has 0 saturated carbocycles. The van der Waals surface area contributed by atoms with Gasteiger partial charge in [-0.25, -0.2) is 0 Å². The van der Waals surface area contributed by atoms with Gasteiger partial charge >= 0.3 is 0 Å². The summed E-state index contributed by atoms with van der Waals surface area (Å²) in [6.07, 6.45) is 0. The first-order valence-corrected chi connectivity index (χ1v) is 5.18. The number of anilines is 1. The molecule has 0 heterocycles. The van der Waals surface area contributed by atoms with Gasteiger partial charge in [0.15, 0.2) is 0 Å². The lowest BCUT2D eigenvalue weighted by atomic mass is 9.85. The summed E-state index contributed by atoms with van der Waals surface area (Å²) in [5.41, 5.74) is 2.25. The molecule has 1 aromatic carbocycles. The Bertz CT molecular complexity index is 363. The maximum Gasteiger partial charge on any atom is 0.223 e. The number of hydrogen-bond donors (Lipinski definition) is 0. The topological polar surface area (TPSA) is 20.3 Å². The van der Waals surface area contributed by atoms with Crippen molar-refractivity contribution >= 4 is 11.6 Å². The molecule has 0 aliphatic carbocycles. The Morgan fingerprint density at radius 3 is 2.20 bits per heavy atom. The van der Waals surface area contributed by atoms with Crippen LogP contribution in [0.2, 0.25) is 0 Å². The van der Waals surface area contributed by atoms with Crippen molar-refractivity contribution in [3.05, 3.63) is 29.8 Å². The first-order valence-electron chi connectivity index (χ1n) is 5.18. The molecule has 2 heteroatoms. The molecule has 1 aromatic rings. The van der Waals surface area contributed by atoms with Crippen LogP contribution in [-0.2, 0) is 10.2 Å². The van der Waals surface area contributed by atoms with Crippen LogP contribution in [0.4, 0.5) is 5.69 Å². The first kappa shape index (κ1) is 11.8. The number of rotatable bonds is 1. The SMILES string of the molecule is CC(=O)N(C)c1ccccc1C(C)(C)C. The van der Waals surface area contributed by atoms with Crippen molar-refractivity contribution in [3.8, 4) is 0 Å². The Morgan fingerprint density at radius 2 is 1.73 bits per heavy atom. The van der Waals surface area contributed by atoms with E-state index in [4.69, 9.17) is 0 Å². The fraction of sp³-hybridized carbons (Fsp3) is 0.462. The highest BCUT2D eigenvalue weighted by atomic mass is 16.2. The Hall–Kier alpha value is -1.31. The molecule has 1 rings (SSSR count). The van der Waals surface area contributed by atoms with E-state index in [1.807, 2.05) is 25.2 Å². The minimum Gasteiger partial charge on any atom is -0.315 e. The van der Waals surface area contributed by atoms with Gasteiger partial charge in [-0.3, -0.25) is 4.79 Å². The van der Waals surface area contributed by atoms with E-state index in [1.165, 1.54) is 5.56 Å². The van der Waals surface area contributed by atoms with Crippen molar-refractivity contribution in [3.63, 3.8) is 0 Å². The predicted octanol–water partition coefficient (Wildman–Crippen LogP) is 2.97. The molecule has 0 unspecified atom stereocenters. The smallest absolute Gasteiger partial charge is 0.223 e. The van der Waals surface area contributed by atoms with Crippen LogP contribution in [-0.4, -0.2) is 13.0 Å². The highest BCUT2D eigenvalue weighted by Crippen LogP contribution is 2.31. The van der Waals surface area contributed by atoms with Gasteiger partial charge in [-0.15, -0.1) is 0 Å². The van der Waals surface area contributed by atoms with E-state index in [9.17, 15) is 4.79 Å². The van der Waals surface area contributed by atoms with Gasteiger partial charge in [0.1, 0.15) is 0 Å². The van der Waals surface area contributed by atoms with Crippen molar-refractivity contribution in [2.45, 2.75) is 33.1 Å². The maximum atomic E-state index is 11.3. The van der Waals surface area contributed by atoms with Gasteiger partial charge in [-0.05, 0) is 17.0 Å². The molecule has 0 spiro atoms. The number of nitrogens with zero attached hydrogens (tertiary/aromatic N) is 1. The van der Waals surface area contributed by atoms with Crippen molar-refractivity contribution in [1.82, 2.24) is 0 Å². The molecule has 0 bridgehead atoms. The summed E-state index contributed by atoms with van der Waals surface area (Å²) in [6.45, 7) is 8.04. The lowest BCUT2D eigenvalue weighted by Gasteiger charge is -2.27. The van der Waals surface area contributed by atoms with Crippen LogP contribution in [0.15, 0.2) is 24.3 Å². The quantitative estimate of drug-likeness (QED) is 0.690. The lowest BCUT2D eigenvalue weighted by Crippen LogP contribution is -2.26. The number of para-hydroxylation sites is 1. The van der Waals surface area contributed by atoms with Gasteiger partial charge in [0.05, 0.1) is 0 Å². The first-order chi connectivity index (χ1) is 6.84. The van der Waals surface area contributed by atoms with Crippen molar-refractivity contribution in [2.24, 2.45) is 0 Å². The average molecular weight is 205 g/mol. The van der Waals surface area contributed by atoms with Crippen molar-refractivity contribution in [1.29, 1.82) is 0 Å². The number of carbonyl (C=O) groups excluding carboxylic acids is 1. The van der Waals surface area contributed by atoms with E-state index in [1.54, 1.807) is 11.8 Å². The monoisotopic (exact) mass is 205 g/mol. The molecule has 0 aliphatic heterocycles. The van der Waals surface area contributed by atoms with E-state index in [0.717, 1.165) is 5.69 Å². The minimum absolute atomic E-state index is 0.0559. The molecule has 0 saturated heterocycles. The second-order valence-electron chi connectivity index (χ2n) is 4.85. The summed E-state index contributed by atoms with van der Waals surface area (Å²) < 4.78 is 0. The zero-order valence-corrected chi connectivity index (χ0v) is 10.2. The molecule has 0 radical (unpaired) electrons. The van der Waals surface area contributed by atoms with Gasteiger partial charge < -0.3 is 4.90 Å². The predicted molar refractivity (Wildman–Crippen MR) is 64.2 cm³/mol. The van der Waals surface area contributed by atoms with Gasteiger partial charge in [0.25, 0.3) is 0 Å². The maximum absolute atomic E-state index is 11.3.